The number of ketones is 1. The zero-order chi connectivity index (χ0) is 22.1. The minimum absolute atomic E-state index is 0.0385. The lowest BCUT2D eigenvalue weighted by molar-refractivity contribution is 0.101. The summed E-state index contributed by atoms with van der Waals surface area (Å²) >= 11 is 3.02. The molecule has 3 aromatic heterocycles. The highest BCUT2D eigenvalue weighted by Gasteiger charge is 2.30. The number of hydrogen-bond donors (Lipinski definition) is 3. The molecular weight excluding hydrogens is 440 g/mol. The number of carbonyl (C=O) groups is 1. The van der Waals surface area contributed by atoms with Gasteiger partial charge >= 0.3 is 0 Å². The van der Waals surface area contributed by atoms with Crippen LogP contribution in [0.3, 0.4) is 0 Å². The summed E-state index contributed by atoms with van der Waals surface area (Å²) in [5.41, 5.74) is 3.88. The summed E-state index contributed by atoms with van der Waals surface area (Å²) in [6, 6.07) is 12.5. The normalized spacial score (nSPS) is 17.6. The van der Waals surface area contributed by atoms with Gasteiger partial charge in [-0.3, -0.25) is 9.52 Å². The summed E-state index contributed by atoms with van der Waals surface area (Å²) in [5, 5.41) is 16.3. The Morgan fingerprint density at radius 2 is 2.19 bits per heavy atom. The Bertz CT molecular complexity index is 1330. The van der Waals surface area contributed by atoms with Crippen molar-refractivity contribution in [1.29, 1.82) is 5.26 Å². The molecule has 0 spiro atoms. The van der Waals surface area contributed by atoms with E-state index in [-0.39, 0.29) is 5.78 Å². The van der Waals surface area contributed by atoms with Crippen molar-refractivity contribution >= 4 is 45.8 Å². The highest BCUT2D eigenvalue weighted by atomic mass is 32.2. The molecule has 0 saturated heterocycles. The van der Waals surface area contributed by atoms with Crippen LogP contribution in [-0.4, -0.2) is 32.8 Å². The molecular formula is C23H20N6OS2. The highest BCUT2D eigenvalue weighted by molar-refractivity contribution is 7.97. The molecule has 0 radical (unpaired) electrons. The molecule has 1 aliphatic carbocycles. The largest absolute Gasteiger partial charge is 0.381 e. The van der Waals surface area contributed by atoms with Gasteiger partial charge in [0.2, 0.25) is 0 Å². The van der Waals surface area contributed by atoms with Crippen LogP contribution in [0.1, 0.15) is 35.8 Å². The van der Waals surface area contributed by atoms with Gasteiger partial charge in [-0.25, -0.2) is 9.97 Å². The van der Waals surface area contributed by atoms with Crippen LogP contribution < -0.4 is 10.0 Å². The quantitative estimate of drug-likeness (QED) is 0.263. The molecule has 160 valence electrons. The second kappa shape index (κ2) is 8.74. The average Bonchev–Trinajstić information content (AvgIpc) is 3.45. The number of nitriles is 1. The van der Waals surface area contributed by atoms with Crippen LogP contribution in [-0.2, 0) is 0 Å². The summed E-state index contributed by atoms with van der Waals surface area (Å²) in [6.45, 7) is 1.53. The van der Waals surface area contributed by atoms with E-state index >= 15 is 0 Å². The second-order valence-electron chi connectivity index (χ2n) is 7.75. The molecule has 9 heteroatoms. The Hall–Kier alpha value is -3.19. The van der Waals surface area contributed by atoms with Crippen molar-refractivity contribution in [1.82, 2.24) is 19.7 Å². The van der Waals surface area contributed by atoms with E-state index in [0.29, 0.717) is 23.3 Å². The van der Waals surface area contributed by atoms with Gasteiger partial charge in [0.1, 0.15) is 16.3 Å². The lowest BCUT2D eigenvalue weighted by atomic mass is 9.87. The number of benzene rings is 1. The Kier molecular flexibility index (Phi) is 5.66. The Morgan fingerprint density at radius 1 is 1.31 bits per heavy atom. The summed E-state index contributed by atoms with van der Waals surface area (Å²) in [7, 11) is 0. The second-order valence-corrected chi connectivity index (χ2v) is 9.52. The van der Waals surface area contributed by atoms with E-state index in [0.717, 1.165) is 45.0 Å². The zero-order valence-corrected chi connectivity index (χ0v) is 18.9. The number of anilines is 1. The van der Waals surface area contributed by atoms with Gasteiger partial charge in [0.15, 0.2) is 5.78 Å². The van der Waals surface area contributed by atoms with Gasteiger partial charge in [0, 0.05) is 47.1 Å². The number of fused-ring (bicyclic) bond motifs is 1. The number of carbonyl (C=O) groups excluding carboxylic acids is 1. The van der Waals surface area contributed by atoms with Crippen molar-refractivity contribution < 1.29 is 4.79 Å². The van der Waals surface area contributed by atoms with Gasteiger partial charge in [-0.15, -0.1) is 11.3 Å². The molecule has 7 nitrogen and oxygen atoms in total. The van der Waals surface area contributed by atoms with E-state index in [1.165, 1.54) is 18.3 Å². The number of hydrogen-bond acceptors (Lipinski definition) is 8. The maximum absolute atomic E-state index is 11.7. The fourth-order valence-electron chi connectivity index (χ4n) is 3.70. The van der Waals surface area contributed by atoms with Crippen molar-refractivity contribution in [2.75, 3.05) is 5.32 Å². The summed E-state index contributed by atoms with van der Waals surface area (Å²) in [6.07, 6.45) is 5.66. The highest BCUT2D eigenvalue weighted by Crippen LogP contribution is 2.38. The third-order valence-corrected chi connectivity index (χ3v) is 7.29. The smallest absolute Gasteiger partial charge is 0.178 e. The lowest BCUT2D eigenvalue weighted by Crippen LogP contribution is -2.45. The number of thiazole rings is 1. The van der Waals surface area contributed by atoms with E-state index in [9.17, 15) is 4.79 Å². The molecule has 0 atom stereocenters. The number of pyridine rings is 1. The maximum atomic E-state index is 11.7. The lowest BCUT2D eigenvalue weighted by Gasteiger charge is -2.37. The Balaban J connectivity index is 1.29. The van der Waals surface area contributed by atoms with Gasteiger partial charge in [-0.1, -0.05) is 6.07 Å². The summed E-state index contributed by atoms with van der Waals surface area (Å²) in [5.74, 6) is -0.0385. The third kappa shape index (κ3) is 4.12. The van der Waals surface area contributed by atoms with Crippen LogP contribution in [0.25, 0.3) is 21.6 Å². The first-order chi connectivity index (χ1) is 15.6. The van der Waals surface area contributed by atoms with Crippen LogP contribution in [0.4, 0.5) is 5.69 Å². The topological polar surface area (TPSA) is 106 Å². The molecule has 1 aliphatic rings. The van der Waals surface area contributed by atoms with E-state index in [4.69, 9.17) is 5.26 Å². The SMILES string of the molecule is CC(=O)c1csc(-c2cnc3[nH]ccc3c2NC2CC(NSc3cccc(C#N)c3)C2)n1. The fourth-order valence-corrected chi connectivity index (χ4v) is 5.40. The van der Waals surface area contributed by atoms with Crippen LogP contribution >= 0.6 is 23.3 Å². The predicted molar refractivity (Wildman–Crippen MR) is 128 cm³/mol. The van der Waals surface area contributed by atoms with E-state index < -0.39 is 0 Å². The van der Waals surface area contributed by atoms with Gasteiger partial charge < -0.3 is 10.3 Å². The molecule has 32 heavy (non-hydrogen) atoms. The first-order valence-electron chi connectivity index (χ1n) is 10.2. The van der Waals surface area contributed by atoms with E-state index in [1.54, 1.807) is 17.3 Å². The monoisotopic (exact) mass is 460 g/mol. The van der Waals surface area contributed by atoms with Crippen molar-refractivity contribution in [2.24, 2.45) is 0 Å². The number of nitrogens with zero attached hydrogens (tertiary/aromatic N) is 3. The number of rotatable bonds is 7. The van der Waals surface area contributed by atoms with Crippen LogP contribution in [0.5, 0.6) is 0 Å². The summed E-state index contributed by atoms with van der Waals surface area (Å²) < 4.78 is 3.50. The number of aromatic amines is 1. The third-order valence-electron chi connectivity index (χ3n) is 5.48. The molecule has 0 aliphatic heterocycles. The number of Topliss-reactive ketones (excluding diaryl/α,β-unsaturated/α-hetero) is 1. The molecule has 3 N–H and O–H groups in total. The van der Waals surface area contributed by atoms with Crippen molar-refractivity contribution in [3.63, 3.8) is 0 Å². The fraction of sp³-hybridized carbons (Fsp3) is 0.217. The molecule has 1 aromatic carbocycles. The standard InChI is InChI=1S/C23H20N6OS2/c1-13(30)20-12-31-23(28-20)19-11-26-22-18(5-6-25-22)21(19)27-15-8-16(9-15)29-32-17-4-2-3-14(7-17)10-24/h2-7,11-12,15-16,29H,8-9H2,1H3,(H2,25,26,27). The van der Waals surface area contributed by atoms with Crippen molar-refractivity contribution in [3.05, 3.63) is 59.4 Å². The van der Waals surface area contributed by atoms with Gasteiger partial charge in [-0.05, 0) is 49.1 Å². The minimum atomic E-state index is -0.0385. The number of H-pyrrole nitrogens is 1. The molecule has 0 unspecified atom stereocenters. The Labute approximate surface area is 193 Å². The number of nitrogens with one attached hydrogen (secondary N) is 3. The summed E-state index contributed by atoms with van der Waals surface area (Å²) in [4.78, 5) is 24.9. The molecule has 1 saturated carbocycles. The van der Waals surface area contributed by atoms with Gasteiger partial charge in [0.05, 0.1) is 22.9 Å². The van der Waals surface area contributed by atoms with Gasteiger partial charge in [0.25, 0.3) is 0 Å². The van der Waals surface area contributed by atoms with Crippen molar-refractivity contribution in [3.8, 4) is 16.6 Å². The van der Waals surface area contributed by atoms with Crippen LogP contribution in [0.2, 0.25) is 0 Å². The first-order valence-corrected chi connectivity index (χ1v) is 11.9. The first kappa shape index (κ1) is 20.7. The van der Waals surface area contributed by atoms with E-state index in [1.807, 2.05) is 42.7 Å². The van der Waals surface area contributed by atoms with Gasteiger partial charge in [-0.2, -0.15) is 5.26 Å². The predicted octanol–water partition coefficient (Wildman–Crippen LogP) is 5.00. The maximum Gasteiger partial charge on any atom is 0.178 e. The van der Waals surface area contributed by atoms with Crippen LogP contribution in [0.15, 0.2) is 53.0 Å². The zero-order valence-electron chi connectivity index (χ0n) is 17.3. The van der Waals surface area contributed by atoms with Crippen LogP contribution in [0, 0.1) is 11.3 Å². The molecule has 0 bridgehead atoms. The van der Waals surface area contributed by atoms with Crippen molar-refractivity contribution in [2.45, 2.75) is 36.7 Å². The molecule has 5 rings (SSSR count). The molecule has 3 heterocycles. The molecule has 4 aromatic rings. The Morgan fingerprint density at radius 3 is 2.97 bits per heavy atom. The molecule has 0 amide bonds. The molecule has 1 fully saturated rings. The van der Waals surface area contributed by atoms with E-state index in [2.05, 4.69) is 31.1 Å². The number of aromatic nitrogens is 3. The average molecular weight is 461 g/mol. The minimum Gasteiger partial charge on any atom is -0.381 e.